The molecule has 1 aliphatic rings. The van der Waals surface area contributed by atoms with Gasteiger partial charge in [-0.25, -0.2) is 0 Å². The van der Waals surface area contributed by atoms with Crippen LogP contribution in [-0.2, 0) is 13.9 Å². The first kappa shape index (κ1) is 22.2. The number of hydrogen-bond acceptors (Lipinski definition) is 4. The van der Waals surface area contributed by atoms with E-state index >= 15 is 0 Å². The monoisotopic (exact) mass is 414 g/mol. The predicted molar refractivity (Wildman–Crippen MR) is 119 cm³/mol. The van der Waals surface area contributed by atoms with Crippen LogP contribution in [0.15, 0.2) is 60.7 Å². The van der Waals surface area contributed by atoms with Crippen LogP contribution in [0.5, 0.6) is 0 Å². The van der Waals surface area contributed by atoms with Crippen LogP contribution < -0.4 is 10.4 Å². The van der Waals surface area contributed by atoms with Gasteiger partial charge in [-0.15, -0.1) is 0 Å². The highest BCUT2D eigenvalue weighted by atomic mass is 28.4. The highest BCUT2D eigenvalue weighted by Crippen LogP contribution is 2.37. The molecule has 0 spiro atoms. The first-order valence-corrected chi connectivity index (χ1v) is 12.4. The molecular weight excluding hydrogens is 380 g/mol. The van der Waals surface area contributed by atoms with Crippen molar-refractivity contribution >= 4 is 18.7 Å². The van der Waals surface area contributed by atoms with E-state index in [1.807, 2.05) is 0 Å². The third-order valence-corrected chi connectivity index (χ3v) is 11.0. The fourth-order valence-electron chi connectivity index (χ4n) is 4.50. The summed E-state index contributed by atoms with van der Waals surface area (Å²) in [5, 5.41) is 12.2. The second kappa shape index (κ2) is 9.54. The van der Waals surface area contributed by atoms with Crippen molar-refractivity contribution in [2.75, 3.05) is 20.3 Å². The fourth-order valence-corrected chi connectivity index (χ4v) is 9.08. The first-order valence-electron chi connectivity index (χ1n) is 10.5. The molecule has 0 unspecified atom stereocenters. The molecule has 0 aliphatic carbocycles. The molecule has 3 rings (SSSR count). The van der Waals surface area contributed by atoms with Crippen LogP contribution in [0.1, 0.15) is 33.6 Å². The summed E-state index contributed by atoms with van der Waals surface area (Å²) in [7, 11) is -0.875. The van der Waals surface area contributed by atoms with E-state index in [9.17, 15) is 5.11 Å². The summed E-state index contributed by atoms with van der Waals surface area (Å²) in [6.07, 6.45) is 1.21. The van der Waals surface area contributed by atoms with Crippen molar-refractivity contribution < 1.29 is 19.0 Å². The number of hydrogen-bond donors (Lipinski definition) is 1. The number of aliphatic hydroxyl groups is 1. The van der Waals surface area contributed by atoms with Crippen molar-refractivity contribution in [1.82, 2.24) is 0 Å². The van der Waals surface area contributed by atoms with Gasteiger partial charge in [-0.1, -0.05) is 81.4 Å². The molecule has 0 saturated carbocycles. The Morgan fingerprint density at radius 1 is 1.00 bits per heavy atom. The maximum Gasteiger partial charge on any atom is 0.261 e. The Kier molecular flexibility index (Phi) is 7.30. The summed E-state index contributed by atoms with van der Waals surface area (Å²) in [4.78, 5) is 0. The minimum Gasteiger partial charge on any atom is -0.407 e. The number of rotatable bonds is 8. The van der Waals surface area contributed by atoms with Crippen LogP contribution in [0.3, 0.4) is 0 Å². The lowest BCUT2D eigenvalue weighted by Crippen LogP contribution is -2.66. The molecule has 3 atom stereocenters. The molecule has 1 saturated heterocycles. The molecule has 158 valence electrons. The average Bonchev–Trinajstić information content (AvgIpc) is 3.14. The van der Waals surface area contributed by atoms with Gasteiger partial charge in [0.25, 0.3) is 8.32 Å². The zero-order valence-electron chi connectivity index (χ0n) is 18.0. The van der Waals surface area contributed by atoms with E-state index in [0.29, 0.717) is 6.61 Å². The van der Waals surface area contributed by atoms with Crippen molar-refractivity contribution in [3.8, 4) is 0 Å². The molecule has 1 fully saturated rings. The number of benzene rings is 2. The Bertz CT molecular complexity index is 705. The van der Waals surface area contributed by atoms with E-state index in [1.54, 1.807) is 7.11 Å². The van der Waals surface area contributed by atoms with Gasteiger partial charge in [0.15, 0.2) is 6.29 Å². The highest BCUT2D eigenvalue weighted by molar-refractivity contribution is 6.99. The first-order chi connectivity index (χ1) is 13.9. The van der Waals surface area contributed by atoms with Crippen LogP contribution in [0.4, 0.5) is 0 Å². The van der Waals surface area contributed by atoms with Gasteiger partial charge in [0, 0.05) is 32.7 Å². The number of ether oxygens (including phenoxy) is 2. The quantitative estimate of drug-likeness (QED) is 0.673. The standard InChI is InChI=1S/C24H34O4Si/c1-24(2,3)29(20-11-7-5-8-12-20,21-13-9-6-10-14-21)27-16-15-22-19(18-25)17-23(26-4)28-22/h5-14,19,22-23,25H,15-18H2,1-4H3/t19-,22+,23-/m1/s1. The zero-order chi connectivity index (χ0) is 20.9. The second-order valence-corrected chi connectivity index (χ2v) is 13.1. The fraction of sp³-hybridized carbons (Fsp3) is 0.500. The van der Waals surface area contributed by atoms with E-state index in [-0.39, 0.29) is 30.0 Å². The van der Waals surface area contributed by atoms with E-state index in [0.717, 1.165) is 12.8 Å². The molecule has 0 amide bonds. The van der Waals surface area contributed by atoms with Crippen LogP contribution in [0.2, 0.25) is 5.04 Å². The van der Waals surface area contributed by atoms with Gasteiger partial charge in [0.05, 0.1) is 6.10 Å². The molecule has 4 nitrogen and oxygen atoms in total. The average molecular weight is 415 g/mol. The van der Waals surface area contributed by atoms with E-state index in [1.165, 1.54) is 10.4 Å². The second-order valence-electron chi connectivity index (χ2n) is 8.82. The van der Waals surface area contributed by atoms with E-state index in [2.05, 4.69) is 81.4 Å². The lowest BCUT2D eigenvalue weighted by atomic mass is 10.0. The van der Waals surface area contributed by atoms with Crippen molar-refractivity contribution in [2.45, 2.75) is 51.0 Å². The third kappa shape index (κ3) is 4.65. The van der Waals surface area contributed by atoms with Crippen molar-refractivity contribution in [3.05, 3.63) is 60.7 Å². The lowest BCUT2D eigenvalue weighted by molar-refractivity contribution is -0.119. The van der Waals surface area contributed by atoms with Gasteiger partial charge in [0.1, 0.15) is 0 Å². The summed E-state index contributed by atoms with van der Waals surface area (Å²) >= 11 is 0. The van der Waals surface area contributed by atoms with Crippen molar-refractivity contribution in [1.29, 1.82) is 0 Å². The minimum atomic E-state index is -2.53. The Labute approximate surface area is 176 Å². The van der Waals surface area contributed by atoms with Gasteiger partial charge in [-0.2, -0.15) is 0 Å². The summed E-state index contributed by atoms with van der Waals surface area (Å²) in [6, 6.07) is 21.3. The van der Waals surface area contributed by atoms with Gasteiger partial charge in [0.2, 0.25) is 0 Å². The summed E-state index contributed by atoms with van der Waals surface area (Å²) in [5.41, 5.74) is 0. The SMILES string of the molecule is CO[C@H]1C[C@H](CO)[C@H](CCO[Si](c2ccccc2)(c2ccccc2)C(C)(C)C)O1. The van der Waals surface area contributed by atoms with Crippen LogP contribution in [0, 0.1) is 5.92 Å². The van der Waals surface area contributed by atoms with E-state index < -0.39 is 8.32 Å². The van der Waals surface area contributed by atoms with Gasteiger partial charge < -0.3 is 19.0 Å². The lowest BCUT2D eigenvalue weighted by Gasteiger charge is -2.43. The van der Waals surface area contributed by atoms with Crippen LogP contribution in [-0.4, -0.2) is 46.1 Å². The molecule has 2 aromatic carbocycles. The van der Waals surface area contributed by atoms with Gasteiger partial charge in [-0.05, 0) is 21.8 Å². The normalized spacial score (nSPS) is 22.7. The Morgan fingerprint density at radius 2 is 1.55 bits per heavy atom. The molecule has 1 aliphatic heterocycles. The molecular formula is C24H34O4Si. The van der Waals surface area contributed by atoms with Crippen molar-refractivity contribution in [2.24, 2.45) is 5.92 Å². The molecule has 29 heavy (non-hydrogen) atoms. The Hall–Kier alpha value is -1.50. The molecule has 2 aromatic rings. The Balaban J connectivity index is 1.88. The minimum absolute atomic E-state index is 0.0387. The molecule has 1 heterocycles. The maximum absolute atomic E-state index is 9.73. The van der Waals surface area contributed by atoms with E-state index in [4.69, 9.17) is 13.9 Å². The Morgan fingerprint density at radius 3 is 2.00 bits per heavy atom. The molecule has 0 radical (unpaired) electrons. The maximum atomic E-state index is 9.73. The topological polar surface area (TPSA) is 47.9 Å². The largest absolute Gasteiger partial charge is 0.407 e. The number of methoxy groups -OCH3 is 1. The van der Waals surface area contributed by atoms with Gasteiger partial charge in [-0.3, -0.25) is 0 Å². The van der Waals surface area contributed by atoms with Crippen molar-refractivity contribution in [3.63, 3.8) is 0 Å². The third-order valence-electron chi connectivity index (χ3n) is 5.98. The van der Waals surface area contributed by atoms with Crippen LogP contribution in [0.25, 0.3) is 0 Å². The summed E-state index contributed by atoms with van der Waals surface area (Å²) in [6.45, 7) is 7.54. The van der Waals surface area contributed by atoms with Gasteiger partial charge >= 0.3 is 0 Å². The van der Waals surface area contributed by atoms with Crippen LogP contribution >= 0.6 is 0 Å². The molecule has 0 aromatic heterocycles. The summed E-state index contributed by atoms with van der Waals surface area (Å²) in [5.74, 6) is 0.0997. The molecule has 0 bridgehead atoms. The zero-order valence-corrected chi connectivity index (χ0v) is 19.0. The molecule has 1 N–H and O–H groups in total. The number of aliphatic hydroxyl groups excluding tert-OH is 1. The smallest absolute Gasteiger partial charge is 0.261 e. The summed E-state index contributed by atoms with van der Waals surface area (Å²) < 4.78 is 18.3. The molecule has 5 heteroatoms. The highest BCUT2D eigenvalue weighted by Gasteiger charge is 2.50. The predicted octanol–water partition coefficient (Wildman–Crippen LogP) is 3.32.